The summed E-state index contributed by atoms with van der Waals surface area (Å²) < 4.78 is 11.8. The number of aryl methyl sites for hydroxylation is 1. The number of rotatable bonds is 16. The fourth-order valence-corrected chi connectivity index (χ4v) is 5.47. The first-order valence-corrected chi connectivity index (χ1v) is 15.9. The van der Waals surface area contributed by atoms with Crippen LogP contribution < -0.4 is 9.47 Å². The molecule has 1 N–H and O–H groups in total. The van der Waals surface area contributed by atoms with E-state index in [0.29, 0.717) is 31.1 Å². The first-order chi connectivity index (χ1) is 21.4. The molecule has 1 amide bonds. The predicted molar refractivity (Wildman–Crippen MR) is 175 cm³/mol. The van der Waals surface area contributed by atoms with E-state index < -0.39 is 17.7 Å². The van der Waals surface area contributed by atoms with E-state index in [9.17, 15) is 14.7 Å². The Labute approximate surface area is 262 Å². The largest absolute Gasteiger partial charge is 0.507 e. The van der Waals surface area contributed by atoms with Gasteiger partial charge in [0, 0.05) is 12.1 Å². The molecule has 1 saturated heterocycles. The Hall–Kier alpha value is -4.10. The van der Waals surface area contributed by atoms with E-state index in [1.54, 1.807) is 29.2 Å². The molecule has 0 unspecified atom stereocenters. The first-order valence-electron chi connectivity index (χ1n) is 15.9. The van der Waals surface area contributed by atoms with Gasteiger partial charge in [-0.25, -0.2) is 0 Å². The van der Waals surface area contributed by atoms with E-state index in [4.69, 9.17) is 9.47 Å². The van der Waals surface area contributed by atoms with Crippen molar-refractivity contribution in [3.8, 4) is 11.5 Å². The molecule has 0 bridgehead atoms. The summed E-state index contributed by atoms with van der Waals surface area (Å²) in [7, 11) is 0. The zero-order valence-corrected chi connectivity index (χ0v) is 26.6. The number of carbonyl (C=O) groups excluding carboxylic acids is 2. The maximum Gasteiger partial charge on any atom is 0.295 e. The third kappa shape index (κ3) is 8.29. The molecule has 0 saturated carbocycles. The molecular formula is C37H46N2O5. The van der Waals surface area contributed by atoms with Gasteiger partial charge in [-0.05, 0) is 86.9 Å². The van der Waals surface area contributed by atoms with Crippen LogP contribution in [0.1, 0.15) is 74.8 Å². The van der Waals surface area contributed by atoms with Crippen molar-refractivity contribution in [2.24, 2.45) is 0 Å². The minimum atomic E-state index is -0.696. The SMILES string of the molecule is CCCCCOc1ccc([C@H]2C(=C(O)c3ccc(OCc4ccc(C)cc4)cc3)C(=O)C(=O)N2CCCN(CC)CC)cc1. The average Bonchev–Trinajstić information content (AvgIpc) is 3.30. The fourth-order valence-electron chi connectivity index (χ4n) is 5.47. The smallest absolute Gasteiger partial charge is 0.295 e. The van der Waals surface area contributed by atoms with Crippen LogP contribution in [0.25, 0.3) is 5.76 Å². The lowest BCUT2D eigenvalue weighted by molar-refractivity contribution is -0.140. The van der Waals surface area contributed by atoms with Crippen molar-refractivity contribution < 1.29 is 24.2 Å². The van der Waals surface area contributed by atoms with E-state index in [-0.39, 0.29) is 11.3 Å². The fraction of sp³-hybridized carbons (Fsp3) is 0.405. The topological polar surface area (TPSA) is 79.3 Å². The molecule has 1 aliphatic rings. The van der Waals surface area contributed by atoms with E-state index in [2.05, 4.69) is 25.7 Å². The van der Waals surface area contributed by atoms with Crippen molar-refractivity contribution in [2.45, 2.75) is 66.0 Å². The minimum absolute atomic E-state index is 0.0998. The van der Waals surface area contributed by atoms with Gasteiger partial charge in [-0.3, -0.25) is 9.59 Å². The van der Waals surface area contributed by atoms with Crippen molar-refractivity contribution >= 4 is 17.4 Å². The second kappa shape index (κ2) is 16.1. The number of nitrogens with zero attached hydrogens (tertiary/aromatic N) is 2. The number of ether oxygens (including phenoxy) is 2. The highest BCUT2D eigenvalue weighted by molar-refractivity contribution is 6.46. The Kier molecular flexibility index (Phi) is 12.0. The summed E-state index contributed by atoms with van der Waals surface area (Å²) in [5.41, 5.74) is 3.56. The number of ketones is 1. The van der Waals surface area contributed by atoms with Gasteiger partial charge in [0.05, 0.1) is 18.2 Å². The standard InChI is InChI=1S/C37H46N2O5/c1-5-8-9-25-43-31-19-15-29(16-20-31)34-33(36(41)37(42)39(34)24-10-23-38(6-2)7-3)35(40)30-17-21-32(22-18-30)44-26-28-13-11-27(4)12-14-28/h11-22,34,40H,5-10,23-26H2,1-4H3/t34-/m0/s1. The highest BCUT2D eigenvalue weighted by atomic mass is 16.5. The zero-order valence-electron chi connectivity index (χ0n) is 26.6. The third-order valence-electron chi connectivity index (χ3n) is 8.17. The van der Waals surface area contributed by atoms with Gasteiger partial charge >= 0.3 is 0 Å². The van der Waals surface area contributed by atoms with Gasteiger partial charge in [-0.15, -0.1) is 0 Å². The number of likely N-dealkylation sites (tertiary alicyclic amines) is 1. The number of hydrogen-bond acceptors (Lipinski definition) is 6. The molecule has 1 atom stereocenters. The summed E-state index contributed by atoms with van der Waals surface area (Å²) in [6, 6.07) is 21.9. The lowest BCUT2D eigenvalue weighted by atomic mass is 9.95. The molecule has 7 heteroatoms. The molecule has 1 heterocycles. The normalized spacial score (nSPS) is 16.1. The summed E-state index contributed by atoms with van der Waals surface area (Å²) in [5.74, 6) is -0.0665. The molecule has 44 heavy (non-hydrogen) atoms. The van der Waals surface area contributed by atoms with Crippen molar-refractivity contribution in [1.82, 2.24) is 9.80 Å². The van der Waals surface area contributed by atoms with Crippen LogP contribution in [0.3, 0.4) is 0 Å². The highest BCUT2D eigenvalue weighted by Crippen LogP contribution is 2.40. The molecule has 3 aromatic carbocycles. The van der Waals surface area contributed by atoms with Gasteiger partial charge < -0.3 is 24.4 Å². The first kappa shape index (κ1) is 32.8. The molecule has 7 nitrogen and oxygen atoms in total. The molecule has 0 aromatic heterocycles. The molecule has 1 aliphatic heterocycles. The highest BCUT2D eigenvalue weighted by Gasteiger charge is 2.45. The third-order valence-corrected chi connectivity index (χ3v) is 8.17. The second-order valence-electron chi connectivity index (χ2n) is 11.3. The van der Waals surface area contributed by atoms with Crippen LogP contribution in [0.15, 0.2) is 78.4 Å². The Morgan fingerprint density at radius 2 is 1.45 bits per heavy atom. The van der Waals surface area contributed by atoms with E-state index in [1.165, 1.54) is 5.56 Å². The molecule has 0 spiro atoms. The molecular weight excluding hydrogens is 552 g/mol. The average molecular weight is 599 g/mol. The summed E-state index contributed by atoms with van der Waals surface area (Å²) >= 11 is 0. The number of aliphatic hydroxyl groups excluding tert-OH is 1. The van der Waals surface area contributed by atoms with Gasteiger partial charge in [0.1, 0.15) is 23.9 Å². The lowest BCUT2D eigenvalue weighted by Gasteiger charge is -2.27. The molecule has 0 aliphatic carbocycles. The maximum absolute atomic E-state index is 13.5. The minimum Gasteiger partial charge on any atom is -0.507 e. The number of benzene rings is 3. The summed E-state index contributed by atoms with van der Waals surface area (Å²) in [6.45, 7) is 12.5. The molecule has 234 valence electrons. The van der Waals surface area contributed by atoms with Crippen molar-refractivity contribution in [2.75, 3.05) is 32.8 Å². The Bertz CT molecular complexity index is 1390. The molecule has 0 radical (unpaired) electrons. The Morgan fingerprint density at radius 1 is 0.818 bits per heavy atom. The molecule has 4 rings (SSSR count). The van der Waals surface area contributed by atoms with Crippen molar-refractivity contribution in [3.63, 3.8) is 0 Å². The predicted octanol–water partition coefficient (Wildman–Crippen LogP) is 7.30. The number of hydrogen-bond donors (Lipinski definition) is 1. The summed E-state index contributed by atoms with van der Waals surface area (Å²) in [5, 5.41) is 11.5. The van der Waals surface area contributed by atoms with Gasteiger partial charge in [-0.1, -0.05) is 75.6 Å². The Balaban J connectivity index is 1.58. The summed E-state index contributed by atoms with van der Waals surface area (Å²) in [4.78, 5) is 30.8. The number of aliphatic hydroxyl groups is 1. The molecule has 1 fully saturated rings. The van der Waals surface area contributed by atoms with E-state index >= 15 is 0 Å². The zero-order chi connectivity index (χ0) is 31.5. The number of Topliss-reactive ketones (excluding diaryl/α,β-unsaturated/α-hetero) is 1. The van der Waals surface area contributed by atoms with E-state index in [1.807, 2.05) is 55.5 Å². The van der Waals surface area contributed by atoms with Crippen LogP contribution in [0.5, 0.6) is 11.5 Å². The second-order valence-corrected chi connectivity index (χ2v) is 11.3. The van der Waals surface area contributed by atoms with E-state index in [0.717, 1.165) is 62.2 Å². The Morgan fingerprint density at radius 3 is 2.09 bits per heavy atom. The van der Waals surface area contributed by atoms with Crippen LogP contribution in [-0.4, -0.2) is 59.4 Å². The summed E-state index contributed by atoms with van der Waals surface area (Å²) in [6.07, 6.45) is 3.94. The lowest BCUT2D eigenvalue weighted by Crippen LogP contribution is -2.33. The van der Waals surface area contributed by atoms with Gasteiger partial charge in [0.15, 0.2) is 0 Å². The van der Waals surface area contributed by atoms with Crippen LogP contribution in [0, 0.1) is 6.92 Å². The molecule has 3 aromatic rings. The van der Waals surface area contributed by atoms with Crippen molar-refractivity contribution in [1.29, 1.82) is 0 Å². The number of unbranched alkanes of at least 4 members (excludes halogenated alkanes) is 2. The number of carbonyl (C=O) groups is 2. The van der Waals surface area contributed by atoms with Crippen LogP contribution in [-0.2, 0) is 16.2 Å². The number of amides is 1. The van der Waals surface area contributed by atoms with Gasteiger partial charge in [-0.2, -0.15) is 0 Å². The van der Waals surface area contributed by atoms with Crippen LogP contribution in [0.2, 0.25) is 0 Å². The van der Waals surface area contributed by atoms with Crippen molar-refractivity contribution in [3.05, 3.63) is 101 Å². The van der Waals surface area contributed by atoms with Gasteiger partial charge in [0.2, 0.25) is 0 Å². The van der Waals surface area contributed by atoms with Crippen LogP contribution in [0.4, 0.5) is 0 Å². The van der Waals surface area contributed by atoms with Crippen LogP contribution >= 0.6 is 0 Å². The monoisotopic (exact) mass is 598 g/mol. The maximum atomic E-state index is 13.5. The quantitative estimate of drug-likeness (QED) is 0.0807. The van der Waals surface area contributed by atoms with Gasteiger partial charge in [0.25, 0.3) is 11.7 Å².